The van der Waals surface area contributed by atoms with E-state index in [0.29, 0.717) is 24.3 Å². The summed E-state index contributed by atoms with van der Waals surface area (Å²) in [6.45, 7) is 11.4. The average molecular weight is 393 g/mol. The van der Waals surface area contributed by atoms with Crippen molar-refractivity contribution in [3.8, 4) is 0 Å². The number of nitrogens with one attached hydrogen (secondary N) is 1. The van der Waals surface area contributed by atoms with Gasteiger partial charge in [0.2, 0.25) is 5.82 Å². The number of hydrogen-bond donors (Lipinski definition) is 1. The van der Waals surface area contributed by atoms with Crippen LogP contribution in [0.2, 0.25) is 0 Å². The Bertz CT molecular complexity index is 1030. The summed E-state index contributed by atoms with van der Waals surface area (Å²) >= 11 is 0. The van der Waals surface area contributed by atoms with E-state index in [4.69, 9.17) is 0 Å². The predicted molar refractivity (Wildman–Crippen MR) is 116 cm³/mol. The molecule has 0 atom stereocenters. The minimum absolute atomic E-state index is 0.0440. The lowest BCUT2D eigenvalue weighted by atomic mass is 9.87. The predicted octanol–water partition coefficient (Wildman–Crippen LogP) is 4.37. The summed E-state index contributed by atoms with van der Waals surface area (Å²) in [6, 6.07) is 13.2. The number of anilines is 1. The highest BCUT2D eigenvalue weighted by molar-refractivity contribution is 6.08. The lowest BCUT2D eigenvalue weighted by molar-refractivity contribution is 0.0760. The molecule has 0 aliphatic rings. The number of nitrogens with zero attached hydrogens (tertiary/aromatic N) is 3. The van der Waals surface area contributed by atoms with Crippen molar-refractivity contribution in [3.05, 3.63) is 65.7 Å². The van der Waals surface area contributed by atoms with E-state index in [1.165, 1.54) is 5.56 Å². The van der Waals surface area contributed by atoms with Crippen LogP contribution in [0.4, 0.5) is 5.69 Å². The SMILES string of the molecule is CCN(CC)C(=O)c1nc(C(=O)Nc2ccc(C(C)(C)C)cc2)c2ccccn12. The molecule has 3 rings (SSSR count). The molecule has 0 spiro atoms. The van der Waals surface area contributed by atoms with Crippen LogP contribution in [0.3, 0.4) is 0 Å². The molecule has 3 aromatic rings. The third-order valence-electron chi connectivity index (χ3n) is 5.01. The molecule has 1 aromatic carbocycles. The number of carbonyl (C=O) groups excluding carboxylic acids is 2. The van der Waals surface area contributed by atoms with Crippen molar-refractivity contribution in [2.45, 2.75) is 40.0 Å². The van der Waals surface area contributed by atoms with E-state index in [1.807, 2.05) is 50.2 Å². The minimum Gasteiger partial charge on any atom is -0.337 e. The van der Waals surface area contributed by atoms with E-state index in [9.17, 15) is 9.59 Å². The Hall–Kier alpha value is -3.15. The minimum atomic E-state index is -0.337. The number of rotatable bonds is 5. The number of pyridine rings is 1. The molecule has 2 aromatic heterocycles. The summed E-state index contributed by atoms with van der Waals surface area (Å²) < 4.78 is 1.68. The van der Waals surface area contributed by atoms with Gasteiger partial charge in [0.15, 0.2) is 5.69 Å². The number of carbonyl (C=O) groups is 2. The maximum absolute atomic E-state index is 12.9. The van der Waals surface area contributed by atoms with Gasteiger partial charge in [-0.25, -0.2) is 4.98 Å². The van der Waals surface area contributed by atoms with Gasteiger partial charge in [-0.2, -0.15) is 0 Å². The van der Waals surface area contributed by atoms with Crippen LogP contribution in [0.25, 0.3) is 5.52 Å². The molecule has 1 N–H and O–H groups in total. The summed E-state index contributed by atoms with van der Waals surface area (Å²) in [6.07, 6.45) is 1.76. The molecular formula is C23H28N4O2. The monoisotopic (exact) mass is 392 g/mol. The quantitative estimate of drug-likeness (QED) is 0.701. The van der Waals surface area contributed by atoms with Crippen LogP contribution in [0.5, 0.6) is 0 Å². The molecule has 0 unspecified atom stereocenters. The molecule has 6 nitrogen and oxygen atoms in total. The molecule has 152 valence electrons. The topological polar surface area (TPSA) is 66.7 Å². The van der Waals surface area contributed by atoms with Gasteiger partial charge in [-0.05, 0) is 49.1 Å². The van der Waals surface area contributed by atoms with Crippen LogP contribution in [0.1, 0.15) is 61.3 Å². The van der Waals surface area contributed by atoms with E-state index < -0.39 is 0 Å². The fraction of sp³-hybridized carbons (Fsp3) is 0.348. The first-order valence-electron chi connectivity index (χ1n) is 9.94. The molecule has 6 heteroatoms. The Morgan fingerprint density at radius 1 is 1.03 bits per heavy atom. The maximum atomic E-state index is 12.9. The highest BCUT2D eigenvalue weighted by Gasteiger charge is 2.24. The van der Waals surface area contributed by atoms with Crippen LogP contribution in [0, 0.1) is 0 Å². The van der Waals surface area contributed by atoms with Crippen molar-refractivity contribution >= 4 is 23.0 Å². The Morgan fingerprint density at radius 2 is 1.69 bits per heavy atom. The average Bonchev–Trinajstić information content (AvgIpc) is 3.08. The second-order valence-electron chi connectivity index (χ2n) is 8.00. The molecule has 0 fully saturated rings. The number of fused-ring (bicyclic) bond motifs is 1. The molecule has 29 heavy (non-hydrogen) atoms. The third-order valence-corrected chi connectivity index (χ3v) is 5.01. The number of benzene rings is 1. The molecule has 0 radical (unpaired) electrons. The molecule has 2 heterocycles. The largest absolute Gasteiger partial charge is 0.337 e. The van der Waals surface area contributed by atoms with Crippen molar-refractivity contribution in [2.24, 2.45) is 0 Å². The molecule has 0 saturated heterocycles. The fourth-order valence-electron chi connectivity index (χ4n) is 3.25. The van der Waals surface area contributed by atoms with Gasteiger partial charge >= 0.3 is 0 Å². The Kier molecular flexibility index (Phi) is 5.73. The fourth-order valence-corrected chi connectivity index (χ4v) is 3.25. The first kappa shape index (κ1) is 20.6. The molecule has 0 aliphatic carbocycles. The van der Waals surface area contributed by atoms with Gasteiger partial charge in [-0.15, -0.1) is 0 Å². The van der Waals surface area contributed by atoms with Gasteiger partial charge in [0.1, 0.15) is 0 Å². The highest BCUT2D eigenvalue weighted by atomic mass is 16.2. The van der Waals surface area contributed by atoms with E-state index in [2.05, 4.69) is 31.1 Å². The molecule has 0 bridgehead atoms. The Morgan fingerprint density at radius 3 is 2.28 bits per heavy atom. The van der Waals surface area contributed by atoms with Crippen LogP contribution in [0.15, 0.2) is 48.7 Å². The second-order valence-corrected chi connectivity index (χ2v) is 8.00. The lowest BCUT2D eigenvalue weighted by Crippen LogP contribution is -2.32. The van der Waals surface area contributed by atoms with Crippen LogP contribution in [-0.4, -0.2) is 39.2 Å². The van der Waals surface area contributed by atoms with Crippen molar-refractivity contribution in [1.82, 2.24) is 14.3 Å². The summed E-state index contributed by atoms with van der Waals surface area (Å²) in [5, 5.41) is 2.90. The third kappa shape index (κ3) is 4.16. The van der Waals surface area contributed by atoms with Crippen LogP contribution >= 0.6 is 0 Å². The van der Waals surface area contributed by atoms with Gasteiger partial charge in [0, 0.05) is 25.0 Å². The van der Waals surface area contributed by atoms with Gasteiger partial charge in [-0.3, -0.25) is 14.0 Å². The molecular weight excluding hydrogens is 364 g/mol. The normalized spacial score (nSPS) is 11.5. The number of hydrogen-bond acceptors (Lipinski definition) is 3. The first-order valence-corrected chi connectivity index (χ1v) is 9.94. The van der Waals surface area contributed by atoms with Gasteiger partial charge in [0.25, 0.3) is 11.8 Å². The summed E-state index contributed by atoms with van der Waals surface area (Å²) in [4.78, 5) is 31.9. The van der Waals surface area contributed by atoms with E-state index >= 15 is 0 Å². The van der Waals surface area contributed by atoms with Crippen molar-refractivity contribution in [1.29, 1.82) is 0 Å². The van der Waals surface area contributed by atoms with Gasteiger partial charge in [-0.1, -0.05) is 39.0 Å². The van der Waals surface area contributed by atoms with Crippen LogP contribution < -0.4 is 5.32 Å². The smallest absolute Gasteiger partial charge is 0.290 e. The number of imidazole rings is 1. The van der Waals surface area contributed by atoms with Gasteiger partial charge < -0.3 is 10.2 Å². The molecule has 0 aliphatic heterocycles. The second kappa shape index (κ2) is 8.07. The van der Waals surface area contributed by atoms with E-state index in [0.717, 1.165) is 0 Å². The number of aromatic nitrogens is 2. The molecule has 2 amide bonds. The van der Waals surface area contributed by atoms with Gasteiger partial charge in [0.05, 0.1) is 5.52 Å². The number of amides is 2. The zero-order valence-corrected chi connectivity index (χ0v) is 17.7. The van der Waals surface area contributed by atoms with Crippen LogP contribution in [-0.2, 0) is 5.41 Å². The zero-order valence-electron chi connectivity index (χ0n) is 17.7. The zero-order chi connectivity index (χ0) is 21.2. The van der Waals surface area contributed by atoms with Crippen molar-refractivity contribution < 1.29 is 9.59 Å². The Balaban J connectivity index is 1.93. The molecule has 0 saturated carbocycles. The van der Waals surface area contributed by atoms with Crippen molar-refractivity contribution in [2.75, 3.05) is 18.4 Å². The summed E-state index contributed by atoms with van der Waals surface area (Å²) in [5.74, 6) is -0.280. The van der Waals surface area contributed by atoms with E-state index in [-0.39, 0.29) is 28.7 Å². The summed E-state index contributed by atoms with van der Waals surface area (Å²) in [5.41, 5.74) is 2.77. The highest BCUT2D eigenvalue weighted by Crippen LogP contribution is 2.24. The first-order chi connectivity index (χ1) is 13.8. The standard InChI is InChI=1S/C23H28N4O2/c1-6-26(7-2)22(29)20-25-19(18-10-8-9-15-27(18)20)21(28)24-17-13-11-16(12-14-17)23(3,4)5/h8-15H,6-7H2,1-5H3,(H,24,28). The maximum Gasteiger partial charge on any atom is 0.290 e. The lowest BCUT2D eigenvalue weighted by Gasteiger charge is -2.19. The summed E-state index contributed by atoms with van der Waals surface area (Å²) in [7, 11) is 0. The Labute approximate surface area is 171 Å². The van der Waals surface area contributed by atoms with Crippen molar-refractivity contribution in [3.63, 3.8) is 0 Å². The van der Waals surface area contributed by atoms with E-state index in [1.54, 1.807) is 21.6 Å².